The lowest BCUT2D eigenvalue weighted by molar-refractivity contribution is -0.143. The lowest BCUT2D eigenvalue weighted by Gasteiger charge is -2.30. The Morgan fingerprint density at radius 2 is 1.67 bits per heavy atom. The summed E-state index contributed by atoms with van der Waals surface area (Å²) >= 11 is 0. The SMILES string of the molecule is CC[C@H](C)NC(=O)[C@@H](C)N(Cc1ccc(F)cc1)C(=O)CCN1C(=O)[C@H]2CC=CC[C@H]2C1=O. The van der Waals surface area contributed by atoms with Crippen LogP contribution in [0.4, 0.5) is 4.39 Å². The van der Waals surface area contributed by atoms with Gasteiger partial charge in [-0.15, -0.1) is 0 Å². The molecule has 1 aromatic carbocycles. The van der Waals surface area contributed by atoms with Gasteiger partial charge < -0.3 is 10.2 Å². The maximum absolute atomic E-state index is 13.3. The molecule has 0 saturated carbocycles. The summed E-state index contributed by atoms with van der Waals surface area (Å²) in [6.07, 6.45) is 5.60. The topological polar surface area (TPSA) is 86.8 Å². The largest absolute Gasteiger partial charge is 0.352 e. The predicted molar refractivity (Wildman–Crippen MR) is 121 cm³/mol. The predicted octanol–water partition coefficient (Wildman–Crippen LogP) is 2.80. The number of amides is 4. The molecule has 8 heteroatoms. The highest BCUT2D eigenvalue weighted by atomic mass is 19.1. The first-order valence-electron chi connectivity index (χ1n) is 11.6. The third-order valence-electron chi connectivity index (χ3n) is 6.58. The number of allylic oxidation sites excluding steroid dienone is 2. The zero-order valence-corrected chi connectivity index (χ0v) is 19.4. The Morgan fingerprint density at radius 3 is 2.21 bits per heavy atom. The second-order valence-corrected chi connectivity index (χ2v) is 8.88. The van der Waals surface area contributed by atoms with Gasteiger partial charge in [-0.3, -0.25) is 24.1 Å². The van der Waals surface area contributed by atoms with E-state index in [0.29, 0.717) is 18.4 Å². The maximum atomic E-state index is 13.3. The van der Waals surface area contributed by atoms with Crippen LogP contribution in [0.3, 0.4) is 0 Å². The molecule has 1 N–H and O–H groups in total. The highest BCUT2D eigenvalue weighted by Crippen LogP contribution is 2.35. The first kappa shape index (κ1) is 24.6. The van der Waals surface area contributed by atoms with E-state index in [4.69, 9.17) is 0 Å². The molecular formula is C25H32FN3O4. The summed E-state index contributed by atoms with van der Waals surface area (Å²) in [6, 6.07) is 4.94. The van der Waals surface area contributed by atoms with Crippen LogP contribution >= 0.6 is 0 Å². The van der Waals surface area contributed by atoms with Gasteiger partial charge in [0, 0.05) is 25.6 Å². The molecule has 0 radical (unpaired) electrons. The number of hydrogen-bond acceptors (Lipinski definition) is 4. The monoisotopic (exact) mass is 457 g/mol. The number of carbonyl (C=O) groups is 4. The van der Waals surface area contributed by atoms with Gasteiger partial charge in [0.05, 0.1) is 11.8 Å². The molecule has 4 atom stereocenters. The highest BCUT2D eigenvalue weighted by Gasteiger charge is 2.47. The lowest BCUT2D eigenvalue weighted by atomic mass is 9.85. The van der Waals surface area contributed by atoms with Crippen molar-refractivity contribution in [3.05, 3.63) is 47.8 Å². The first-order chi connectivity index (χ1) is 15.7. The molecule has 4 amide bonds. The highest BCUT2D eigenvalue weighted by molar-refractivity contribution is 6.05. The summed E-state index contributed by atoms with van der Waals surface area (Å²) < 4.78 is 13.3. The summed E-state index contributed by atoms with van der Waals surface area (Å²) in [4.78, 5) is 54.0. The fraction of sp³-hybridized carbons (Fsp3) is 0.520. The molecule has 1 aliphatic heterocycles. The standard InChI is InChI=1S/C25H32FN3O4/c1-4-16(2)27-23(31)17(3)29(15-18-9-11-19(26)12-10-18)22(30)13-14-28-24(32)20-7-5-6-8-21(20)25(28)33/h5-6,9-12,16-17,20-21H,4,7-8,13-15H2,1-3H3,(H,27,31)/t16-,17+,20-,21+/m0/s1. The zero-order chi connectivity index (χ0) is 24.1. The van der Waals surface area contributed by atoms with Gasteiger partial charge >= 0.3 is 0 Å². The molecule has 1 aliphatic carbocycles. The Morgan fingerprint density at radius 1 is 1.09 bits per heavy atom. The van der Waals surface area contributed by atoms with Crippen LogP contribution in [0.15, 0.2) is 36.4 Å². The molecule has 1 heterocycles. The fourth-order valence-electron chi connectivity index (χ4n) is 4.28. The van der Waals surface area contributed by atoms with Crippen LogP contribution in [0.25, 0.3) is 0 Å². The van der Waals surface area contributed by atoms with Crippen LogP contribution < -0.4 is 5.32 Å². The fourth-order valence-corrected chi connectivity index (χ4v) is 4.28. The third-order valence-corrected chi connectivity index (χ3v) is 6.58. The molecule has 1 fully saturated rings. The van der Waals surface area contributed by atoms with E-state index in [0.717, 1.165) is 6.42 Å². The number of hydrogen-bond donors (Lipinski definition) is 1. The number of rotatable bonds is 9. The van der Waals surface area contributed by atoms with Crippen LogP contribution in [0.5, 0.6) is 0 Å². The third kappa shape index (κ3) is 5.67. The maximum Gasteiger partial charge on any atom is 0.242 e. The summed E-state index contributed by atoms with van der Waals surface area (Å²) in [5.74, 6) is -2.16. The van der Waals surface area contributed by atoms with Crippen LogP contribution in [0, 0.1) is 17.7 Å². The number of halogens is 1. The van der Waals surface area contributed by atoms with Gasteiger partial charge in [-0.05, 0) is 50.8 Å². The number of likely N-dealkylation sites (tertiary alicyclic amines) is 1. The number of benzene rings is 1. The number of carbonyl (C=O) groups excluding carboxylic acids is 4. The summed E-state index contributed by atoms with van der Waals surface area (Å²) in [5.41, 5.74) is 0.679. The van der Waals surface area contributed by atoms with Crippen molar-refractivity contribution < 1.29 is 23.6 Å². The minimum absolute atomic E-state index is 0.0108. The van der Waals surface area contributed by atoms with Gasteiger partial charge in [-0.1, -0.05) is 31.2 Å². The van der Waals surface area contributed by atoms with Crippen LogP contribution in [0.1, 0.15) is 52.0 Å². The van der Waals surface area contributed by atoms with E-state index < -0.39 is 6.04 Å². The zero-order valence-electron chi connectivity index (χ0n) is 19.4. The molecule has 178 valence electrons. The molecule has 2 aliphatic rings. The Bertz CT molecular complexity index is 904. The molecule has 3 rings (SSSR count). The molecule has 0 aromatic heterocycles. The Balaban J connectivity index is 1.71. The number of fused-ring (bicyclic) bond motifs is 1. The molecule has 7 nitrogen and oxygen atoms in total. The number of nitrogens with zero attached hydrogens (tertiary/aromatic N) is 2. The van der Waals surface area contributed by atoms with E-state index in [1.807, 2.05) is 26.0 Å². The molecule has 0 unspecified atom stereocenters. The molecule has 0 bridgehead atoms. The minimum atomic E-state index is -0.770. The number of imide groups is 1. The van der Waals surface area contributed by atoms with Gasteiger partial charge in [0.2, 0.25) is 23.6 Å². The lowest BCUT2D eigenvalue weighted by Crippen LogP contribution is -2.50. The summed E-state index contributed by atoms with van der Waals surface area (Å²) in [5, 5.41) is 2.89. The number of nitrogens with one attached hydrogen (secondary N) is 1. The summed E-state index contributed by atoms with van der Waals surface area (Å²) in [6.45, 7) is 5.59. The van der Waals surface area contributed by atoms with E-state index >= 15 is 0 Å². The first-order valence-corrected chi connectivity index (χ1v) is 11.6. The molecule has 1 saturated heterocycles. The average molecular weight is 458 g/mol. The second kappa shape index (κ2) is 10.7. The van der Waals surface area contributed by atoms with Crippen molar-refractivity contribution in [2.24, 2.45) is 11.8 Å². The molecule has 0 spiro atoms. The smallest absolute Gasteiger partial charge is 0.242 e. The van der Waals surface area contributed by atoms with Crippen molar-refractivity contribution in [2.75, 3.05) is 6.54 Å². The quantitative estimate of drug-likeness (QED) is 0.456. The Kier molecular flexibility index (Phi) is 8.00. The van der Waals surface area contributed by atoms with Crippen LogP contribution in [-0.2, 0) is 25.7 Å². The Hall–Kier alpha value is -3.03. The average Bonchev–Trinajstić information content (AvgIpc) is 3.06. The summed E-state index contributed by atoms with van der Waals surface area (Å²) in [7, 11) is 0. The van der Waals surface area contributed by atoms with Gasteiger partial charge in [0.15, 0.2) is 0 Å². The normalized spacial score (nSPS) is 21.5. The van der Waals surface area contributed by atoms with Crippen molar-refractivity contribution in [1.29, 1.82) is 0 Å². The molecular weight excluding hydrogens is 425 g/mol. The van der Waals surface area contributed by atoms with E-state index in [1.54, 1.807) is 19.1 Å². The minimum Gasteiger partial charge on any atom is -0.352 e. The van der Waals surface area contributed by atoms with Crippen molar-refractivity contribution >= 4 is 23.6 Å². The van der Waals surface area contributed by atoms with Gasteiger partial charge in [-0.2, -0.15) is 0 Å². The van der Waals surface area contributed by atoms with Crippen LogP contribution in [-0.4, -0.2) is 52.1 Å². The van der Waals surface area contributed by atoms with Gasteiger partial charge in [0.1, 0.15) is 11.9 Å². The van der Waals surface area contributed by atoms with Crippen molar-refractivity contribution in [3.8, 4) is 0 Å². The van der Waals surface area contributed by atoms with Crippen molar-refractivity contribution in [3.63, 3.8) is 0 Å². The second-order valence-electron chi connectivity index (χ2n) is 8.88. The Labute approximate surface area is 194 Å². The van der Waals surface area contributed by atoms with Crippen LogP contribution in [0.2, 0.25) is 0 Å². The molecule has 1 aromatic rings. The van der Waals surface area contributed by atoms with E-state index in [2.05, 4.69) is 5.32 Å². The van der Waals surface area contributed by atoms with E-state index in [1.165, 1.54) is 21.9 Å². The van der Waals surface area contributed by atoms with Gasteiger partial charge in [0.25, 0.3) is 0 Å². The van der Waals surface area contributed by atoms with E-state index in [9.17, 15) is 23.6 Å². The van der Waals surface area contributed by atoms with Crippen molar-refractivity contribution in [2.45, 2.75) is 65.1 Å². The molecule has 33 heavy (non-hydrogen) atoms. The van der Waals surface area contributed by atoms with Crippen molar-refractivity contribution in [1.82, 2.24) is 15.1 Å². The van der Waals surface area contributed by atoms with Gasteiger partial charge in [-0.25, -0.2) is 4.39 Å². The van der Waals surface area contributed by atoms with E-state index in [-0.39, 0.29) is 66.8 Å².